The van der Waals surface area contributed by atoms with Gasteiger partial charge in [0.1, 0.15) is 0 Å². The number of amides is 2. The highest BCUT2D eigenvalue weighted by molar-refractivity contribution is 9.10. The van der Waals surface area contributed by atoms with Gasteiger partial charge < -0.3 is 0 Å². The number of fused-ring (bicyclic) bond motifs is 1. The molecule has 1 saturated heterocycles. The second-order valence-electron chi connectivity index (χ2n) is 3.81. The molecule has 2 heterocycles. The van der Waals surface area contributed by atoms with Crippen LogP contribution in [-0.4, -0.2) is 21.4 Å². The van der Waals surface area contributed by atoms with E-state index in [0.717, 1.165) is 31.5 Å². The minimum absolute atomic E-state index is 0.217. The molecule has 2 amide bonds. The van der Waals surface area contributed by atoms with Crippen LogP contribution in [0.2, 0.25) is 0 Å². The second kappa shape index (κ2) is 4.64. The summed E-state index contributed by atoms with van der Waals surface area (Å²) in [6.45, 7) is 0. The number of benzene rings is 1. The van der Waals surface area contributed by atoms with Crippen molar-refractivity contribution >= 4 is 60.4 Å². The molecular formula is C11H7BrN2O2S2. The van der Waals surface area contributed by atoms with Crippen molar-refractivity contribution in [1.29, 1.82) is 0 Å². The first-order valence-corrected chi connectivity index (χ1v) is 7.67. The lowest BCUT2D eigenvalue weighted by atomic mass is 10.3. The summed E-state index contributed by atoms with van der Waals surface area (Å²) in [6, 6.07) is 5.88. The molecule has 1 aliphatic rings. The minimum atomic E-state index is -0.346. The highest BCUT2D eigenvalue weighted by atomic mass is 79.9. The summed E-state index contributed by atoms with van der Waals surface area (Å²) in [5.41, 5.74) is 0.924. The average Bonchev–Trinajstić information content (AvgIpc) is 2.82. The zero-order chi connectivity index (χ0) is 12.7. The second-order valence-corrected chi connectivity index (χ2v) is 7.01. The van der Waals surface area contributed by atoms with Crippen molar-refractivity contribution in [2.75, 3.05) is 0 Å². The summed E-state index contributed by atoms with van der Waals surface area (Å²) in [7, 11) is 0. The van der Waals surface area contributed by atoms with Gasteiger partial charge >= 0.3 is 0 Å². The van der Waals surface area contributed by atoms with Crippen molar-refractivity contribution in [3.63, 3.8) is 0 Å². The van der Waals surface area contributed by atoms with Crippen LogP contribution in [0.5, 0.6) is 0 Å². The van der Waals surface area contributed by atoms with Gasteiger partial charge in [0, 0.05) is 10.9 Å². The van der Waals surface area contributed by atoms with Gasteiger partial charge in [-0.05, 0) is 18.2 Å². The molecule has 7 heteroatoms. The van der Waals surface area contributed by atoms with Crippen LogP contribution in [0.15, 0.2) is 22.7 Å². The fourth-order valence-electron chi connectivity index (χ4n) is 1.72. The topological polar surface area (TPSA) is 59.1 Å². The van der Waals surface area contributed by atoms with E-state index in [1.165, 1.54) is 0 Å². The lowest BCUT2D eigenvalue weighted by Crippen LogP contribution is -2.25. The van der Waals surface area contributed by atoms with Gasteiger partial charge in [0.25, 0.3) is 5.24 Å². The number of halogens is 1. The lowest BCUT2D eigenvalue weighted by Gasteiger charge is -1.99. The highest BCUT2D eigenvalue weighted by Gasteiger charge is 2.32. The van der Waals surface area contributed by atoms with E-state index in [4.69, 9.17) is 0 Å². The van der Waals surface area contributed by atoms with Crippen LogP contribution in [0.25, 0.3) is 10.2 Å². The van der Waals surface area contributed by atoms with E-state index < -0.39 is 0 Å². The Hall–Kier alpha value is -0.920. The highest BCUT2D eigenvalue weighted by Crippen LogP contribution is 2.29. The molecule has 0 bridgehead atoms. The Morgan fingerprint density at radius 1 is 1.39 bits per heavy atom. The van der Waals surface area contributed by atoms with Gasteiger partial charge in [0.15, 0.2) is 0 Å². The number of nitrogens with zero attached hydrogens (tertiary/aromatic N) is 1. The fraction of sp³-hybridized carbons (Fsp3) is 0.182. The number of imide groups is 1. The van der Waals surface area contributed by atoms with Gasteiger partial charge in [-0.2, -0.15) is 0 Å². The van der Waals surface area contributed by atoms with Gasteiger partial charge in [0.05, 0.1) is 20.5 Å². The first kappa shape index (κ1) is 12.1. The smallest absolute Gasteiger partial charge is 0.286 e. The number of nitrogens with one attached hydrogen (secondary N) is 1. The molecule has 1 atom stereocenters. The Morgan fingerprint density at radius 3 is 2.94 bits per heavy atom. The fourth-order valence-corrected chi connectivity index (χ4v) is 4.21. The van der Waals surface area contributed by atoms with Crippen LogP contribution in [-0.2, 0) is 11.2 Å². The van der Waals surface area contributed by atoms with Crippen LogP contribution in [0.3, 0.4) is 0 Å². The molecule has 2 aromatic rings. The van der Waals surface area contributed by atoms with Crippen LogP contribution >= 0.6 is 39.0 Å². The molecule has 92 valence electrons. The van der Waals surface area contributed by atoms with E-state index >= 15 is 0 Å². The lowest BCUT2D eigenvalue weighted by molar-refractivity contribution is -0.118. The third-order valence-electron chi connectivity index (χ3n) is 2.52. The SMILES string of the molecule is O=C1NC(=O)C(Cc2nc3ccc(Br)cc3s2)S1. The molecule has 0 aliphatic carbocycles. The summed E-state index contributed by atoms with van der Waals surface area (Å²) >= 11 is 6.01. The van der Waals surface area contributed by atoms with Crippen LogP contribution < -0.4 is 5.32 Å². The van der Waals surface area contributed by atoms with E-state index in [9.17, 15) is 9.59 Å². The molecule has 1 fully saturated rings. The molecule has 1 N–H and O–H groups in total. The van der Waals surface area contributed by atoms with Crippen molar-refractivity contribution in [3.05, 3.63) is 27.7 Å². The van der Waals surface area contributed by atoms with E-state index in [2.05, 4.69) is 26.2 Å². The Balaban J connectivity index is 1.87. The van der Waals surface area contributed by atoms with Gasteiger partial charge in [-0.1, -0.05) is 27.7 Å². The molecule has 0 spiro atoms. The summed E-state index contributed by atoms with van der Waals surface area (Å²) < 4.78 is 2.09. The third-order valence-corrected chi connectivity index (χ3v) is 5.04. The normalized spacial score (nSPS) is 19.5. The number of hydrogen-bond donors (Lipinski definition) is 1. The number of carbonyl (C=O) groups excluding carboxylic acids is 2. The first-order chi connectivity index (χ1) is 8.61. The van der Waals surface area contributed by atoms with Crippen LogP contribution in [0.4, 0.5) is 4.79 Å². The summed E-state index contributed by atoms with van der Waals surface area (Å²) in [6.07, 6.45) is 0.499. The van der Waals surface area contributed by atoms with Crippen LogP contribution in [0, 0.1) is 0 Å². The van der Waals surface area contributed by atoms with Crippen molar-refractivity contribution in [1.82, 2.24) is 10.3 Å². The number of thioether (sulfide) groups is 1. The van der Waals surface area contributed by atoms with Crippen LogP contribution in [0.1, 0.15) is 5.01 Å². The number of carbonyl (C=O) groups is 2. The number of hydrogen-bond acceptors (Lipinski definition) is 5. The number of aromatic nitrogens is 1. The Labute approximate surface area is 119 Å². The minimum Gasteiger partial charge on any atom is -0.286 e. The molecule has 3 rings (SSSR count). The van der Waals surface area contributed by atoms with Gasteiger partial charge in [-0.25, -0.2) is 4.98 Å². The molecule has 1 aromatic carbocycles. The zero-order valence-electron chi connectivity index (χ0n) is 8.97. The maximum absolute atomic E-state index is 11.5. The standard InChI is InChI=1S/C11H7BrN2O2S2/c12-5-1-2-6-7(3-5)17-9(13-6)4-8-10(15)14-11(16)18-8/h1-3,8H,4H2,(H,14,15,16). The number of rotatable bonds is 2. The molecule has 4 nitrogen and oxygen atoms in total. The summed E-state index contributed by atoms with van der Waals surface area (Å²) in [5, 5.41) is 2.55. The van der Waals surface area contributed by atoms with Crippen molar-refractivity contribution in [3.8, 4) is 0 Å². The third kappa shape index (κ3) is 2.30. The van der Waals surface area contributed by atoms with Gasteiger partial charge in [-0.3, -0.25) is 14.9 Å². The summed E-state index contributed by atoms with van der Waals surface area (Å²) in [4.78, 5) is 27.0. The predicted molar refractivity (Wildman–Crippen MR) is 75.9 cm³/mol. The molecule has 0 saturated carbocycles. The number of thiazole rings is 1. The van der Waals surface area contributed by atoms with Gasteiger partial charge in [0.2, 0.25) is 5.91 Å². The maximum Gasteiger partial charge on any atom is 0.286 e. The first-order valence-electron chi connectivity index (χ1n) is 5.18. The maximum atomic E-state index is 11.5. The average molecular weight is 343 g/mol. The molecule has 1 unspecified atom stereocenters. The predicted octanol–water partition coefficient (Wildman–Crippen LogP) is 2.95. The van der Waals surface area contributed by atoms with E-state index in [1.54, 1.807) is 11.3 Å². The quantitative estimate of drug-likeness (QED) is 0.911. The summed E-state index contributed by atoms with van der Waals surface area (Å²) in [5.74, 6) is -0.217. The Kier molecular flexibility index (Phi) is 3.13. The van der Waals surface area contributed by atoms with E-state index in [1.807, 2.05) is 18.2 Å². The van der Waals surface area contributed by atoms with E-state index in [0.29, 0.717) is 6.42 Å². The molecule has 18 heavy (non-hydrogen) atoms. The Bertz CT molecular complexity index is 656. The van der Waals surface area contributed by atoms with Gasteiger partial charge in [-0.15, -0.1) is 11.3 Å². The molecule has 1 aromatic heterocycles. The van der Waals surface area contributed by atoms with E-state index in [-0.39, 0.29) is 16.4 Å². The van der Waals surface area contributed by atoms with Crippen molar-refractivity contribution < 1.29 is 9.59 Å². The molecule has 1 aliphatic heterocycles. The van der Waals surface area contributed by atoms with Crippen molar-refractivity contribution in [2.45, 2.75) is 11.7 Å². The zero-order valence-corrected chi connectivity index (χ0v) is 12.2. The largest absolute Gasteiger partial charge is 0.286 e. The Morgan fingerprint density at radius 2 is 2.22 bits per heavy atom. The molecular weight excluding hydrogens is 336 g/mol. The monoisotopic (exact) mass is 342 g/mol. The molecule has 0 radical (unpaired) electrons. The van der Waals surface area contributed by atoms with Crippen molar-refractivity contribution in [2.24, 2.45) is 0 Å².